The second kappa shape index (κ2) is 5.07. The third kappa shape index (κ3) is 2.50. The predicted octanol–water partition coefficient (Wildman–Crippen LogP) is 2.83. The third-order valence-corrected chi connectivity index (χ3v) is 4.02. The van der Waals surface area contributed by atoms with Crippen LogP contribution in [0.2, 0.25) is 0 Å². The maximum atomic E-state index is 4.47. The number of nitrogens with one attached hydrogen (secondary N) is 2. The fraction of sp³-hybridized carbons (Fsp3) is 0.308. The Morgan fingerprint density at radius 3 is 2.95 bits per heavy atom. The highest BCUT2D eigenvalue weighted by atomic mass is 32.1. The second-order valence-corrected chi connectivity index (χ2v) is 5.50. The van der Waals surface area contributed by atoms with Gasteiger partial charge in [0.25, 0.3) is 0 Å². The molecule has 2 atom stereocenters. The van der Waals surface area contributed by atoms with Crippen molar-refractivity contribution in [2.75, 3.05) is 0 Å². The fourth-order valence-corrected chi connectivity index (χ4v) is 2.86. The number of hydrogen-bond acceptors (Lipinski definition) is 5. The first-order chi connectivity index (χ1) is 9.24. The van der Waals surface area contributed by atoms with Crippen LogP contribution in [-0.2, 0) is 0 Å². The quantitative estimate of drug-likeness (QED) is 0.767. The number of fused-ring (bicyclic) bond motifs is 1. The first-order valence-corrected chi connectivity index (χ1v) is 7.06. The standard InChI is InChI=1S/C13H15N5S/c1-8(17-9(2)13-15-7-16-18-13)10-5-12-11(14-6-10)3-4-19-12/h3-9,17H,1-2H3,(H,15,16,18). The molecule has 19 heavy (non-hydrogen) atoms. The summed E-state index contributed by atoms with van der Waals surface area (Å²) >= 11 is 1.72. The fourth-order valence-electron chi connectivity index (χ4n) is 2.07. The predicted molar refractivity (Wildman–Crippen MR) is 76.0 cm³/mol. The van der Waals surface area contributed by atoms with Gasteiger partial charge in [0, 0.05) is 12.2 Å². The van der Waals surface area contributed by atoms with Gasteiger partial charge in [-0.15, -0.1) is 11.3 Å². The highest BCUT2D eigenvalue weighted by Gasteiger charge is 2.14. The Labute approximate surface area is 115 Å². The molecule has 0 spiro atoms. The van der Waals surface area contributed by atoms with Crippen molar-refractivity contribution in [2.45, 2.75) is 25.9 Å². The summed E-state index contributed by atoms with van der Waals surface area (Å²) in [6.45, 7) is 4.19. The van der Waals surface area contributed by atoms with Crippen LogP contribution in [0, 0.1) is 0 Å². The highest BCUT2D eigenvalue weighted by molar-refractivity contribution is 7.17. The lowest BCUT2D eigenvalue weighted by atomic mass is 10.1. The minimum Gasteiger partial charge on any atom is -0.301 e. The molecule has 3 aromatic heterocycles. The van der Waals surface area contributed by atoms with E-state index in [-0.39, 0.29) is 12.1 Å². The Balaban J connectivity index is 1.77. The number of aromatic nitrogens is 4. The Morgan fingerprint density at radius 2 is 2.16 bits per heavy atom. The lowest BCUT2D eigenvalue weighted by molar-refractivity contribution is 0.477. The van der Waals surface area contributed by atoms with Crippen molar-refractivity contribution in [1.29, 1.82) is 0 Å². The van der Waals surface area contributed by atoms with Gasteiger partial charge in [0.1, 0.15) is 12.2 Å². The molecule has 0 saturated heterocycles. The molecule has 3 heterocycles. The van der Waals surface area contributed by atoms with Gasteiger partial charge in [-0.25, -0.2) is 4.98 Å². The molecule has 3 aromatic rings. The van der Waals surface area contributed by atoms with E-state index in [9.17, 15) is 0 Å². The Morgan fingerprint density at radius 1 is 1.26 bits per heavy atom. The average Bonchev–Trinajstić information content (AvgIpc) is 3.09. The van der Waals surface area contributed by atoms with Crippen LogP contribution in [0.4, 0.5) is 0 Å². The van der Waals surface area contributed by atoms with Gasteiger partial charge in [0.15, 0.2) is 0 Å². The molecule has 98 valence electrons. The topological polar surface area (TPSA) is 66.5 Å². The zero-order valence-electron chi connectivity index (χ0n) is 10.8. The lowest BCUT2D eigenvalue weighted by Gasteiger charge is -2.18. The molecule has 0 aromatic carbocycles. The first-order valence-electron chi connectivity index (χ1n) is 6.18. The number of aromatic amines is 1. The molecule has 0 aliphatic heterocycles. The molecular weight excluding hydrogens is 258 g/mol. The van der Waals surface area contributed by atoms with Gasteiger partial charge >= 0.3 is 0 Å². The molecule has 3 rings (SSSR count). The van der Waals surface area contributed by atoms with Crippen molar-refractivity contribution < 1.29 is 0 Å². The van der Waals surface area contributed by atoms with Crippen LogP contribution in [0.15, 0.2) is 30.0 Å². The van der Waals surface area contributed by atoms with E-state index < -0.39 is 0 Å². The number of hydrogen-bond donors (Lipinski definition) is 2. The molecule has 0 saturated carbocycles. The minimum absolute atomic E-state index is 0.122. The number of pyridine rings is 1. The molecule has 0 bridgehead atoms. The van der Waals surface area contributed by atoms with Crippen molar-refractivity contribution in [2.24, 2.45) is 0 Å². The van der Waals surface area contributed by atoms with Crippen molar-refractivity contribution in [1.82, 2.24) is 25.5 Å². The molecule has 0 radical (unpaired) electrons. The Hall–Kier alpha value is -1.79. The van der Waals surface area contributed by atoms with Crippen LogP contribution in [0.3, 0.4) is 0 Å². The molecule has 0 aliphatic carbocycles. The molecule has 5 nitrogen and oxygen atoms in total. The molecular formula is C13H15N5S. The van der Waals surface area contributed by atoms with Gasteiger partial charge in [-0.2, -0.15) is 5.10 Å². The van der Waals surface area contributed by atoms with E-state index >= 15 is 0 Å². The van der Waals surface area contributed by atoms with E-state index in [1.807, 2.05) is 12.3 Å². The van der Waals surface area contributed by atoms with E-state index in [4.69, 9.17) is 0 Å². The summed E-state index contributed by atoms with van der Waals surface area (Å²) in [6.07, 6.45) is 3.46. The number of thiophene rings is 1. The molecule has 2 N–H and O–H groups in total. The zero-order chi connectivity index (χ0) is 13.2. The van der Waals surface area contributed by atoms with Crippen molar-refractivity contribution in [3.05, 3.63) is 41.4 Å². The highest BCUT2D eigenvalue weighted by Crippen LogP contribution is 2.23. The summed E-state index contributed by atoms with van der Waals surface area (Å²) in [5.74, 6) is 0.844. The monoisotopic (exact) mass is 273 g/mol. The summed E-state index contributed by atoms with van der Waals surface area (Å²) in [5.41, 5.74) is 2.24. The van der Waals surface area contributed by atoms with E-state index in [2.05, 4.69) is 50.8 Å². The minimum atomic E-state index is 0.122. The van der Waals surface area contributed by atoms with Crippen LogP contribution in [-0.4, -0.2) is 20.2 Å². The van der Waals surface area contributed by atoms with Gasteiger partial charge < -0.3 is 5.32 Å². The van der Waals surface area contributed by atoms with Crippen LogP contribution in [0.25, 0.3) is 10.2 Å². The van der Waals surface area contributed by atoms with Gasteiger partial charge in [-0.05, 0) is 36.9 Å². The summed E-state index contributed by atoms with van der Waals surface area (Å²) < 4.78 is 1.22. The third-order valence-electron chi connectivity index (χ3n) is 3.17. The SMILES string of the molecule is CC(NC(C)c1ncn[nH]1)c1cnc2ccsc2c1. The maximum Gasteiger partial charge on any atom is 0.141 e. The van der Waals surface area contributed by atoms with Crippen LogP contribution in [0.1, 0.15) is 37.3 Å². The van der Waals surface area contributed by atoms with Crippen molar-refractivity contribution in [3.63, 3.8) is 0 Å². The summed E-state index contributed by atoms with van der Waals surface area (Å²) in [5, 5.41) is 12.3. The van der Waals surface area contributed by atoms with Crippen LogP contribution < -0.4 is 5.32 Å². The van der Waals surface area contributed by atoms with E-state index in [1.54, 1.807) is 11.3 Å². The van der Waals surface area contributed by atoms with Gasteiger partial charge in [-0.3, -0.25) is 10.1 Å². The number of nitrogens with zero attached hydrogens (tertiary/aromatic N) is 3. The van der Waals surface area contributed by atoms with Gasteiger partial charge in [-0.1, -0.05) is 0 Å². The number of rotatable bonds is 4. The van der Waals surface area contributed by atoms with Crippen molar-refractivity contribution >= 4 is 21.6 Å². The zero-order valence-corrected chi connectivity index (χ0v) is 11.6. The summed E-state index contributed by atoms with van der Waals surface area (Å²) in [6, 6.07) is 4.56. The van der Waals surface area contributed by atoms with E-state index in [0.717, 1.165) is 11.3 Å². The Bertz CT molecular complexity index is 661. The Kier molecular flexibility index (Phi) is 3.27. The summed E-state index contributed by atoms with van der Waals surface area (Å²) in [4.78, 5) is 8.63. The molecule has 0 fully saturated rings. The average molecular weight is 273 g/mol. The maximum absolute atomic E-state index is 4.47. The first kappa shape index (κ1) is 12.3. The molecule has 6 heteroatoms. The van der Waals surface area contributed by atoms with Gasteiger partial charge in [0.2, 0.25) is 0 Å². The van der Waals surface area contributed by atoms with Gasteiger partial charge in [0.05, 0.1) is 16.3 Å². The lowest BCUT2D eigenvalue weighted by Crippen LogP contribution is -2.23. The number of H-pyrrole nitrogens is 1. The van der Waals surface area contributed by atoms with Crippen molar-refractivity contribution in [3.8, 4) is 0 Å². The largest absolute Gasteiger partial charge is 0.301 e. The second-order valence-electron chi connectivity index (χ2n) is 4.55. The van der Waals surface area contributed by atoms with E-state index in [0.29, 0.717) is 0 Å². The van der Waals surface area contributed by atoms with Crippen LogP contribution >= 0.6 is 11.3 Å². The smallest absolute Gasteiger partial charge is 0.141 e. The molecule has 0 amide bonds. The summed E-state index contributed by atoms with van der Waals surface area (Å²) in [7, 11) is 0. The molecule has 0 aliphatic rings. The van der Waals surface area contributed by atoms with E-state index in [1.165, 1.54) is 16.6 Å². The normalized spacial score (nSPS) is 14.6. The van der Waals surface area contributed by atoms with Crippen LogP contribution in [0.5, 0.6) is 0 Å². The molecule has 2 unspecified atom stereocenters.